The smallest absolute Gasteiger partial charge is 0.338 e. The van der Waals surface area contributed by atoms with Crippen LogP contribution in [-0.4, -0.2) is 47.3 Å². The van der Waals surface area contributed by atoms with Gasteiger partial charge in [0.2, 0.25) is 0 Å². The van der Waals surface area contributed by atoms with Gasteiger partial charge in [0.05, 0.1) is 17.0 Å². The third kappa shape index (κ3) is 6.90. The van der Waals surface area contributed by atoms with E-state index in [1.165, 1.54) is 6.92 Å². The summed E-state index contributed by atoms with van der Waals surface area (Å²) in [5.74, 6) is -4.43. The summed E-state index contributed by atoms with van der Waals surface area (Å²) in [4.78, 5) is 66.9. The van der Waals surface area contributed by atoms with Crippen molar-refractivity contribution >= 4 is 29.5 Å². The van der Waals surface area contributed by atoms with Gasteiger partial charge in [0.25, 0.3) is 0 Å². The second-order valence-electron chi connectivity index (χ2n) is 12.5. The van der Waals surface area contributed by atoms with E-state index in [1.54, 1.807) is 107 Å². The predicted octanol–water partition coefficient (Wildman–Crippen LogP) is 6.10. The summed E-state index contributed by atoms with van der Waals surface area (Å²) < 4.78 is 17.9. The Bertz CT molecular complexity index is 1470. The van der Waals surface area contributed by atoms with Crippen LogP contribution in [0.3, 0.4) is 0 Å². The molecule has 0 saturated heterocycles. The van der Waals surface area contributed by atoms with Gasteiger partial charge < -0.3 is 14.2 Å². The Morgan fingerprint density at radius 1 is 0.841 bits per heavy atom. The maximum absolute atomic E-state index is 14.3. The molecule has 2 aromatic carbocycles. The lowest BCUT2D eigenvalue weighted by atomic mass is 9.76. The van der Waals surface area contributed by atoms with Gasteiger partial charge in [0, 0.05) is 31.1 Å². The van der Waals surface area contributed by atoms with Gasteiger partial charge in [-0.2, -0.15) is 0 Å². The predicted molar refractivity (Wildman–Crippen MR) is 164 cm³/mol. The summed E-state index contributed by atoms with van der Waals surface area (Å²) in [5, 5.41) is 0. The van der Waals surface area contributed by atoms with E-state index in [2.05, 4.69) is 0 Å². The van der Waals surface area contributed by atoms with Gasteiger partial charge in [-0.25, -0.2) is 9.59 Å². The molecular formula is C36H40O8. The van der Waals surface area contributed by atoms with Crippen LogP contribution in [0.1, 0.15) is 75.1 Å². The lowest BCUT2D eigenvalue weighted by Crippen LogP contribution is -2.50. The summed E-state index contributed by atoms with van der Waals surface area (Å²) in [5.41, 5.74) is -1.51. The van der Waals surface area contributed by atoms with Crippen molar-refractivity contribution in [2.24, 2.45) is 23.2 Å². The second kappa shape index (κ2) is 13.1. The SMILES string of the molecule is CC(=O)O[C@]12C[C@@H](C)[C@H](OC(=O)c3ccccc3)[C@@H]1/C=C(\C)[C@H](OC(=O)c1ccccc1)CC(=O)C(C)(C)/C=C/[C@@H](C)C2=O. The maximum Gasteiger partial charge on any atom is 0.338 e. The molecule has 0 heterocycles. The van der Waals surface area contributed by atoms with E-state index in [0.29, 0.717) is 16.7 Å². The highest BCUT2D eigenvalue weighted by Gasteiger charge is 2.60. The van der Waals surface area contributed by atoms with Gasteiger partial charge in [-0.05, 0) is 56.5 Å². The van der Waals surface area contributed by atoms with Crippen LogP contribution < -0.4 is 0 Å². The monoisotopic (exact) mass is 600 g/mol. The summed E-state index contributed by atoms with van der Waals surface area (Å²) in [7, 11) is 0. The highest BCUT2D eigenvalue weighted by molar-refractivity contribution is 5.95. The van der Waals surface area contributed by atoms with Crippen molar-refractivity contribution in [2.75, 3.05) is 0 Å². The van der Waals surface area contributed by atoms with Crippen LogP contribution in [0.25, 0.3) is 0 Å². The number of carbonyl (C=O) groups excluding carboxylic acids is 5. The van der Waals surface area contributed by atoms with Crippen molar-refractivity contribution in [1.29, 1.82) is 0 Å². The lowest BCUT2D eigenvalue weighted by molar-refractivity contribution is -0.171. The Kier molecular flexibility index (Phi) is 9.72. The van der Waals surface area contributed by atoms with E-state index in [-0.39, 0.29) is 30.3 Å². The van der Waals surface area contributed by atoms with Crippen LogP contribution in [0.4, 0.5) is 0 Å². The van der Waals surface area contributed by atoms with Crippen molar-refractivity contribution in [3.63, 3.8) is 0 Å². The Hall–Kier alpha value is -4.33. The minimum Gasteiger partial charge on any atom is -0.458 e. The van der Waals surface area contributed by atoms with Crippen LogP contribution in [0.2, 0.25) is 0 Å². The fourth-order valence-electron chi connectivity index (χ4n) is 6.06. The second-order valence-corrected chi connectivity index (χ2v) is 12.5. The van der Waals surface area contributed by atoms with Crippen LogP contribution in [0.15, 0.2) is 84.5 Å². The van der Waals surface area contributed by atoms with E-state index in [0.717, 1.165) is 0 Å². The molecule has 0 amide bonds. The fourth-order valence-corrected chi connectivity index (χ4v) is 6.06. The van der Waals surface area contributed by atoms with Crippen LogP contribution in [0, 0.1) is 23.2 Å². The molecule has 0 aliphatic heterocycles. The number of esters is 3. The topological polar surface area (TPSA) is 113 Å². The number of ketones is 2. The Morgan fingerprint density at radius 3 is 1.93 bits per heavy atom. The summed E-state index contributed by atoms with van der Waals surface area (Å²) in [6.45, 7) is 9.97. The van der Waals surface area contributed by atoms with Gasteiger partial charge in [0.1, 0.15) is 18.0 Å². The zero-order valence-electron chi connectivity index (χ0n) is 26.1. The number of hydrogen-bond acceptors (Lipinski definition) is 8. The number of benzene rings is 2. The number of Topliss-reactive ketones (excluding diaryl/α,β-unsaturated/α-hetero) is 2. The third-order valence-electron chi connectivity index (χ3n) is 8.59. The number of rotatable bonds is 5. The average molecular weight is 601 g/mol. The van der Waals surface area contributed by atoms with E-state index >= 15 is 0 Å². The summed E-state index contributed by atoms with van der Waals surface area (Å²) >= 11 is 0. The molecular weight excluding hydrogens is 560 g/mol. The number of ether oxygens (including phenoxy) is 3. The molecule has 0 unspecified atom stereocenters. The molecule has 232 valence electrons. The molecule has 2 aliphatic rings. The molecule has 44 heavy (non-hydrogen) atoms. The van der Waals surface area contributed by atoms with Crippen LogP contribution in [-0.2, 0) is 28.6 Å². The van der Waals surface area contributed by atoms with Crippen LogP contribution in [0.5, 0.6) is 0 Å². The molecule has 0 aromatic heterocycles. The van der Waals surface area contributed by atoms with E-state index in [9.17, 15) is 24.0 Å². The molecule has 0 radical (unpaired) electrons. The maximum atomic E-state index is 14.3. The van der Waals surface area contributed by atoms with E-state index < -0.39 is 53.0 Å². The van der Waals surface area contributed by atoms with Crippen molar-refractivity contribution in [3.8, 4) is 0 Å². The fraction of sp³-hybridized carbons (Fsp3) is 0.417. The lowest BCUT2D eigenvalue weighted by Gasteiger charge is -2.36. The molecule has 1 fully saturated rings. The molecule has 8 nitrogen and oxygen atoms in total. The van der Waals surface area contributed by atoms with Gasteiger partial charge in [0.15, 0.2) is 11.4 Å². The Labute approximate surface area is 258 Å². The normalized spacial score (nSPS) is 30.4. The molecule has 0 bridgehead atoms. The molecule has 4 rings (SSSR count). The van der Waals surface area contributed by atoms with Gasteiger partial charge in [-0.3, -0.25) is 14.4 Å². The highest BCUT2D eigenvalue weighted by atomic mass is 16.6. The first-order valence-electron chi connectivity index (χ1n) is 14.9. The third-order valence-corrected chi connectivity index (χ3v) is 8.59. The summed E-state index contributed by atoms with van der Waals surface area (Å²) in [6, 6.07) is 16.9. The molecule has 2 aliphatic carbocycles. The first kappa shape index (κ1) is 32.6. The van der Waals surface area contributed by atoms with Crippen LogP contribution >= 0.6 is 0 Å². The number of hydrogen-bond donors (Lipinski definition) is 0. The molecule has 6 atom stereocenters. The van der Waals surface area contributed by atoms with E-state index in [1.807, 2.05) is 6.92 Å². The zero-order valence-corrected chi connectivity index (χ0v) is 26.1. The first-order chi connectivity index (χ1) is 20.7. The molecule has 0 N–H and O–H groups in total. The quantitative estimate of drug-likeness (QED) is 0.230. The highest BCUT2D eigenvalue weighted by Crippen LogP contribution is 2.48. The molecule has 0 spiro atoms. The first-order valence-corrected chi connectivity index (χ1v) is 14.9. The van der Waals surface area contributed by atoms with Gasteiger partial charge in [-0.1, -0.05) is 68.5 Å². The van der Waals surface area contributed by atoms with E-state index in [4.69, 9.17) is 14.2 Å². The molecule has 1 saturated carbocycles. The molecule has 8 heteroatoms. The minimum atomic E-state index is -1.67. The number of allylic oxidation sites excluding steroid dienone is 2. The largest absolute Gasteiger partial charge is 0.458 e. The Morgan fingerprint density at radius 2 is 1.39 bits per heavy atom. The van der Waals surface area contributed by atoms with Gasteiger partial charge >= 0.3 is 17.9 Å². The minimum absolute atomic E-state index is 0.113. The number of carbonyl (C=O) groups is 5. The van der Waals surface area contributed by atoms with Crippen molar-refractivity contribution in [1.82, 2.24) is 0 Å². The average Bonchev–Trinajstić information content (AvgIpc) is 3.24. The Balaban J connectivity index is 1.86. The number of fused-ring (bicyclic) bond motifs is 1. The zero-order chi connectivity index (χ0) is 32.2. The van der Waals surface area contributed by atoms with Crippen molar-refractivity contribution < 1.29 is 38.2 Å². The van der Waals surface area contributed by atoms with Crippen molar-refractivity contribution in [3.05, 3.63) is 95.6 Å². The van der Waals surface area contributed by atoms with Gasteiger partial charge in [-0.15, -0.1) is 0 Å². The van der Waals surface area contributed by atoms with Crippen molar-refractivity contribution in [2.45, 2.75) is 72.2 Å². The summed E-state index contributed by atoms with van der Waals surface area (Å²) in [6.07, 6.45) is 3.15. The molecule has 2 aromatic rings. The standard InChI is InChI=1S/C36H40O8/c1-22-17-18-35(5,6)30(38)20-29(42-33(40)26-13-9-7-10-14-26)23(2)19-28-31(43-34(41)27-15-11-8-12-16-27)24(3)21-36(28,32(22)39)44-25(4)37/h7-19,22,24,28-29,31H,20-21H2,1-6H3/b18-17+,23-19+/t22-,24-,28+,29-,31+,36-/m1/s1.